The number of anilines is 1. The Morgan fingerprint density at radius 3 is 2.59 bits per heavy atom. The van der Waals surface area contributed by atoms with Gasteiger partial charge in [0.2, 0.25) is 0 Å². The lowest BCUT2D eigenvalue weighted by Crippen LogP contribution is -2.51. The van der Waals surface area contributed by atoms with Crippen LogP contribution < -0.4 is 11.1 Å². The van der Waals surface area contributed by atoms with Gasteiger partial charge in [0.1, 0.15) is 5.82 Å². The first-order valence-corrected chi connectivity index (χ1v) is 5.01. The van der Waals surface area contributed by atoms with Crippen LogP contribution in [0.25, 0.3) is 0 Å². The summed E-state index contributed by atoms with van der Waals surface area (Å²) in [7, 11) is 0. The van der Waals surface area contributed by atoms with Crippen molar-refractivity contribution in [2.75, 3.05) is 18.9 Å². The minimum atomic E-state index is -1.20. The van der Waals surface area contributed by atoms with Crippen molar-refractivity contribution in [3.8, 4) is 0 Å². The summed E-state index contributed by atoms with van der Waals surface area (Å²) >= 11 is 0. The summed E-state index contributed by atoms with van der Waals surface area (Å²) in [6.45, 7) is 0.521. The molecule has 1 aromatic carbocycles. The van der Waals surface area contributed by atoms with E-state index in [-0.39, 0.29) is 11.3 Å². The minimum Gasteiger partial charge on any atom is -0.399 e. The Labute approximate surface area is 98.1 Å². The number of amides is 1. The molecule has 0 fully saturated rings. The molecule has 0 saturated heterocycles. The van der Waals surface area contributed by atoms with Gasteiger partial charge in [0.05, 0.1) is 24.3 Å². The molecule has 0 atom stereocenters. The van der Waals surface area contributed by atoms with Crippen molar-refractivity contribution in [2.45, 2.75) is 12.5 Å². The highest BCUT2D eigenvalue weighted by Crippen LogP contribution is 2.13. The Morgan fingerprint density at radius 2 is 2.06 bits per heavy atom. The molecule has 0 aliphatic heterocycles. The van der Waals surface area contributed by atoms with Gasteiger partial charge in [-0.2, -0.15) is 0 Å². The number of nitrogen functional groups attached to an aromatic ring is 1. The summed E-state index contributed by atoms with van der Waals surface area (Å²) in [4.78, 5) is 11.7. The zero-order valence-electron chi connectivity index (χ0n) is 9.40. The molecule has 5 nitrogen and oxygen atoms in total. The second-order valence-electron chi connectivity index (χ2n) is 4.07. The molecule has 0 heterocycles. The van der Waals surface area contributed by atoms with E-state index in [9.17, 15) is 9.18 Å². The van der Waals surface area contributed by atoms with Gasteiger partial charge in [0, 0.05) is 5.69 Å². The molecule has 1 amide bonds. The molecule has 0 unspecified atom stereocenters. The summed E-state index contributed by atoms with van der Waals surface area (Å²) in [5, 5.41) is 20.4. The van der Waals surface area contributed by atoms with E-state index in [4.69, 9.17) is 15.9 Å². The third kappa shape index (κ3) is 3.15. The number of rotatable bonds is 4. The van der Waals surface area contributed by atoms with Crippen LogP contribution in [0.4, 0.5) is 10.1 Å². The van der Waals surface area contributed by atoms with Crippen molar-refractivity contribution >= 4 is 11.6 Å². The molecule has 0 saturated carbocycles. The van der Waals surface area contributed by atoms with Gasteiger partial charge in [-0.05, 0) is 25.1 Å². The third-order valence-corrected chi connectivity index (χ3v) is 2.35. The maximum Gasteiger partial charge on any atom is 0.254 e. The molecule has 0 bridgehead atoms. The normalized spacial score (nSPS) is 11.3. The van der Waals surface area contributed by atoms with Gasteiger partial charge < -0.3 is 21.3 Å². The van der Waals surface area contributed by atoms with Gasteiger partial charge in [-0.3, -0.25) is 4.79 Å². The van der Waals surface area contributed by atoms with Gasteiger partial charge in [-0.25, -0.2) is 4.39 Å². The topological polar surface area (TPSA) is 95.6 Å². The first-order chi connectivity index (χ1) is 7.91. The molecule has 1 aromatic rings. The number of hydrogen-bond acceptors (Lipinski definition) is 4. The molecule has 1 rings (SSSR count). The molecule has 6 heteroatoms. The molecule has 0 aliphatic carbocycles. The zero-order chi connectivity index (χ0) is 13.1. The first kappa shape index (κ1) is 13.4. The third-order valence-electron chi connectivity index (χ3n) is 2.35. The standard InChI is InChI=1S/C11H15FN2O3/c1-11(5-15,6-16)14-10(17)8-4-7(13)2-3-9(8)12/h2-4,15-16H,5-6,13H2,1H3,(H,14,17). The molecule has 17 heavy (non-hydrogen) atoms. The Balaban J connectivity index is 2.94. The predicted molar refractivity (Wildman–Crippen MR) is 60.9 cm³/mol. The van der Waals surface area contributed by atoms with Crippen molar-refractivity contribution in [3.63, 3.8) is 0 Å². The van der Waals surface area contributed by atoms with Crippen LogP contribution in [0, 0.1) is 5.82 Å². The second kappa shape index (κ2) is 5.11. The highest BCUT2D eigenvalue weighted by molar-refractivity contribution is 5.95. The number of carbonyl (C=O) groups excluding carboxylic acids is 1. The van der Waals surface area contributed by atoms with Crippen molar-refractivity contribution in [3.05, 3.63) is 29.6 Å². The van der Waals surface area contributed by atoms with E-state index in [0.717, 1.165) is 6.07 Å². The van der Waals surface area contributed by atoms with E-state index in [0.29, 0.717) is 0 Å². The molecule has 0 aromatic heterocycles. The van der Waals surface area contributed by atoms with Gasteiger partial charge in [-0.1, -0.05) is 0 Å². The average molecular weight is 242 g/mol. The van der Waals surface area contributed by atoms with Crippen LogP contribution in [-0.2, 0) is 0 Å². The molecule has 0 aliphatic rings. The van der Waals surface area contributed by atoms with Crippen molar-refractivity contribution in [2.24, 2.45) is 0 Å². The lowest BCUT2D eigenvalue weighted by molar-refractivity contribution is 0.0720. The summed E-state index contributed by atoms with van der Waals surface area (Å²) in [6, 6.07) is 3.61. The minimum absolute atomic E-state index is 0.224. The number of aliphatic hydroxyl groups is 2. The number of carbonyl (C=O) groups is 1. The van der Waals surface area contributed by atoms with Crippen LogP contribution in [0.5, 0.6) is 0 Å². The Morgan fingerprint density at radius 1 is 1.47 bits per heavy atom. The summed E-state index contributed by atoms with van der Waals surface area (Å²) < 4.78 is 13.4. The number of nitrogens with one attached hydrogen (secondary N) is 1. The monoisotopic (exact) mass is 242 g/mol. The van der Waals surface area contributed by atoms with Gasteiger partial charge in [0.25, 0.3) is 5.91 Å². The maximum atomic E-state index is 13.4. The number of nitrogens with two attached hydrogens (primary N) is 1. The smallest absolute Gasteiger partial charge is 0.254 e. The lowest BCUT2D eigenvalue weighted by Gasteiger charge is -2.26. The second-order valence-corrected chi connectivity index (χ2v) is 4.07. The van der Waals surface area contributed by atoms with E-state index in [1.807, 2.05) is 0 Å². The van der Waals surface area contributed by atoms with Crippen LogP contribution >= 0.6 is 0 Å². The van der Waals surface area contributed by atoms with Gasteiger partial charge in [0.15, 0.2) is 0 Å². The van der Waals surface area contributed by atoms with E-state index in [2.05, 4.69) is 5.32 Å². The fourth-order valence-corrected chi connectivity index (χ4v) is 1.19. The number of benzene rings is 1. The highest BCUT2D eigenvalue weighted by Gasteiger charge is 2.26. The lowest BCUT2D eigenvalue weighted by atomic mass is 10.0. The largest absolute Gasteiger partial charge is 0.399 e. The number of halogens is 1. The van der Waals surface area contributed by atoms with Crippen LogP contribution in [0.15, 0.2) is 18.2 Å². The highest BCUT2D eigenvalue weighted by atomic mass is 19.1. The van der Waals surface area contributed by atoms with Gasteiger partial charge in [-0.15, -0.1) is 0 Å². The first-order valence-electron chi connectivity index (χ1n) is 5.01. The quantitative estimate of drug-likeness (QED) is 0.553. The average Bonchev–Trinajstić information content (AvgIpc) is 2.32. The van der Waals surface area contributed by atoms with Crippen LogP contribution in [0.1, 0.15) is 17.3 Å². The van der Waals surface area contributed by atoms with E-state index in [1.165, 1.54) is 19.1 Å². The summed E-state index contributed by atoms with van der Waals surface area (Å²) in [5.41, 5.74) is 4.28. The summed E-state index contributed by atoms with van der Waals surface area (Å²) in [6.07, 6.45) is 0. The molecule has 0 spiro atoms. The van der Waals surface area contributed by atoms with Crippen molar-refractivity contribution in [1.29, 1.82) is 0 Å². The van der Waals surface area contributed by atoms with Crippen LogP contribution in [0.3, 0.4) is 0 Å². The Hall–Kier alpha value is -1.66. The molecule has 94 valence electrons. The van der Waals surface area contributed by atoms with Crippen molar-refractivity contribution in [1.82, 2.24) is 5.32 Å². The van der Waals surface area contributed by atoms with E-state index in [1.54, 1.807) is 0 Å². The fraction of sp³-hybridized carbons (Fsp3) is 0.364. The maximum absolute atomic E-state index is 13.4. The predicted octanol–water partition coefficient (Wildman–Crippen LogP) is -0.119. The Bertz CT molecular complexity index is 419. The van der Waals surface area contributed by atoms with Crippen LogP contribution in [-0.4, -0.2) is 34.9 Å². The fourth-order valence-electron chi connectivity index (χ4n) is 1.19. The summed E-state index contributed by atoms with van der Waals surface area (Å²) in [5.74, 6) is -1.45. The SMILES string of the molecule is CC(CO)(CO)NC(=O)c1cc(N)ccc1F. The van der Waals surface area contributed by atoms with Gasteiger partial charge >= 0.3 is 0 Å². The van der Waals surface area contributed by atoms with Crippen molar-refractivity contribution < 1.29 is 19.4 Å². The molecular formula is C11H15FN2O3. The number of hydrogen-bond donors (Lipinski definition) is 4. The zero-order valence-corrected chi connectivity index (χ0v) is 9.40. The molecular weight excluding hydrogens is 227 g/mol. The number of aliphatic hydroxyl groups excluding tert-OH is 2. The molecule has 5 N–H and O–H groups in total. The Kier molecular flexibility index (Phi) is 4.03. The van der Waals surface area contributed by atoms with Crippen LogP contribution in [0.2, 0.25) is 0 Å². The van der Waals surface area contributed by atoms with E-state index >= 15 is 0 Å². The van der Waals surface area contributed by atoms with E-state index < -0.39 is 30.5 Å². The molecule has 0 radical (unpaired) electrons.